The maximum atomic E-state index is 6.37. The van der Waals surface area contributed by atoms with Gasteiger partial charge in [-0.25, -0.2) is 0 Å². The molecule has 3 unspecified atom stereocenters. The van der Waals surface area contributed by atoms with Crippen molar-refractivity contribution in [1.29, 1.82) is 0 Å². The maximum Gasteiger partial charge on any atom is 0.0718 e. The van der Waals surface area contributed by atoms with Gasteiger partial charge in [-0.1, -0.05) is 42.6 Å². The number of ether oxygens (including phenoxy) is 1. The fraction of sp³-hybridized carbons (Fsp3) is 1.00. The van der Waals surface area contributed by atoms with Crippen molar-refractivity contribution in [2.45, 2.75) is 64.1 Å². The molecule has 0 aromatic heterocycles. The molecule has 88 valence electrons. The van der Waals surface area contributed by atoms with Gasteiger partial charge in [0.2, 0.25) is 0 Å². The number of rotatable bonds is 2. The molecule has 1 saturated heterocycles. The third kappa shape index (κ3) is 2.26. The van der Waals surface area contributed by atoms with Gasteiger partial charge in [-0.05, 0) is 37.5 Å². The third-order valence-corrected chi connectivity index (χ3v) is 5.03. The Labute approximate surface area is 102 Å². The van der Waals surface area contributed by atoms with E-state index in [1.54, 1.807) is 0 Å². The van der Waals surface area contributed by atoms with Gasteiger partial charge in [0.05, 0.1) is 11.7 Å². The first-order valence-corrected chi connectivity index (χ1v) is 7.54. The van der Waals surface area contributed by atoms with Crippen LogP contribution in [0, 0.1) is 11.8 Å². The van der Waals surface area contributed by atoms with E-state index < -0.39 is 0 Å². The zero-order chi connectivity index (χ0) is 10.9. The number of hydrogen-bond donors (Lipinski definition) is 0. The monoisotopic (exact) mass is 274 g/mol. The normalized spacial score (nSPS) is 41.6. The Morgan fingerprint density at radius 1 is 1.27 bits per heavy atom. The van der Waals surface area contributed by atoms with Crippen LogP contribution in [0.15, 0.2) is 0 Å². The van der Waals surface area contributed by atoms with Crippen LogP contribution in [0.4, 0.5) is 0 Å². The number of halogens is 1. The molecule has 0 aromatic rings. The zero-order valence-electron chi connectivity index (χ0n) is 9.97. The summed E-state index contributed by atoms with van der Waals surface area (Å²) < 4.78 is 6.37. The molecule has 15 heavy (non-hydrogen) atoms. The van der Waals surface area contributed by atoms with Crippen molar-refractivity contribution in [3.63, 3.8) is 0 Å². The van der Waals surface area contributed by atoms with Gasteiger partial charge in [0, 0.05) is 5.33 Å². The quantitative estimate of drug-likeness (QED) is 0.688. The minimum atomic E-state index is 0.255. The summed E-state index contributed by atoms with van der Waals surface area (Å²) in [5.74, 6) is 1.58. The summed E-state index contributed by atoms with van der Waals surface area (Å²) in [6, 6.07) is 0. The highest BCUT2D eigenvalue weighted by Gasteiger charge is 2.47. The average Bonchev–Trinajstić information content (AvgIpc) is 2.62. The van der Waals surface area contributed by atoms with Crippen LogP contribution in [-0.2, 0) is 4.74 Å². The van der Waals surface area contributed by atoms with Crippen LogP contribution in [0.2, 0.25) is 0 Å². The second-order valence-corrected chi connectivity index (χ2v) is 6.24. The van der Waals surface area contributed by atoms with E-state index in [0.717, 1.165) is 17.2 Å². The van der Waals surface area contributed by atoms with E-state index in [1.165, 1.54) is 38.5 Å². The van der Waals surface area contributed by atoms with Crippen molar-refractivity contribution in [3.8, 4) is 0 Å². The van der Waals surface area contributed by atoms with Crippen LogP contribution < -0.4 is 0 Å². The first kappa shape index (κ1) is 11.9. The summed E-state index contributed by atoms with van der Waals surface area (Å²) in [6.45, 7) is 4.73. The van der Waals surface area contributed by atoms with E-state index in [2.05, 4.69) is 29.8 Å². The molecule has 0 amide bonds. The SMILES string of the molecule is CC(C)C1CCCCC12CCC(CBr)O2. The molecule has 1 nitrogen and oxygen atoms in total. The van der Waals surface area contributed by atoms with E-state index in [-0.39, 0.29) is 5.60 Å². The molecule has 0 bridgehead atoms. The van der Waals surface area contributed by atoms with Gasteiger partial charge in [0.15, 0.2) is 0 Å². The minimum Gasteiger partial charge on any atom is -0.371 e. The van der Waals surface area contributed by atoms with Crippen molar-refractivity contribution in [2.75, 3.05) is 5.33 Å². The Balaban J connectivity index is 2.10. The summed E-state index contributed by atoms with van der Waals surface area (Å²) in [4.78, 5) is 0. The lowest BCUT2D eigenvalue weighted by Gasteiger charge is -2.43. The van der Waals surface area contributed by atoms with Gasteiger partial charge >= 0.3 is 0 Å². The molecule has 3 atom stereocenters. The molecule has 0 radical (unpaired) electrons. The Hall–Kier alpha value is 0.440. The summed E-state index contributed by atoms with van der Waals surface area (Å²) in [7, 11) is 0. The van der Waals surface area contributed by atoms with Gasteiger partial charge in [0.25, 0.3) is 0 Å². The molecule has 2 rings (SSSR count). The predicted octanol–water partition coefficient (Wildman–Crippen LogP) is 4.15. The van der Waals surface area contributed by atoms with Crippen molar-refractivity contribution in [3.05, 3.63) is 0 Å². The maximum absolute atomic E-state index is 6.37. The molecule has 0 aromatic carbocycles. The van der Waals surface area contributed by atoms with E-state index in [4.69, 9.17) is 4.74 Å². The second-order valence-electron chi connectivity index (χ2n) is 5.59. The highest BCUT2D eigenvalue weighted by Crippen LogP contribution is 2.48. The van der Waals surface area contributed by atoms with Crippen molar-refractivity contribution >= 4 is 15.9 Å². The Bertz CT molecular complexity index is 217. The van der Waals surface area contributed by atoms with E-state index in [0.29, 0.717) is 6.10 Å². The molecule has 1 saturated carbocycles. The molecule has 1 aliphatic heterocycles. The molecule has 1 spiro atoms. The molecule has 2 fully saturated rings. The Morgan fingerprint density at radius 2 is 2.07 bits per heavy atom. The lowest BCUT2D eigenvalue weighted by Crippen LogP contribution is -2.43. The van der Waals surface area contributed by atoms with Crippen LogP contribution in [-0.4, -0.2) is 17.0 Å². The van der Waals surface area contributed by atoms with Gasteiger partial charge in [0.1, 0.15) is 0 Å². The van der Waals surface area contributed by atoms with E-state index >= 15 is 0 Å². The van der Waals surface area contributed by atoms with Crippen molar-refractivity contribution < 1.29 is 4.74 Å². The Morgan fingerprint density at radius 3 is 2.67 bits per heavy atom. The zero-order valence-corrected chi connectivity index (χ0v) is 11.6. The van der Waals surface area contributed by atoms with Gasteiger partial charge in [-0.3, -0.25) is 0 Å². The number of hydrogen-bond acceptors (Lipinski definition) is 1. The van der Waals surface area contributed by atoms with Crippen LogP contribution in [0.5, 0.6) is 0 Å². The fourth-order valence-electron chi connectivity index (χ4n) is 3.60. The van der Waals surface area contributed by atoms with Gasteiger partial charge < -0.3 is 4.74 Å². The fourth-order valence-corrected chi connectivity index (χ4v) is 4.05. The average molecular weight is 275 g/mol. The second kappa shape index (κ2) is 4.75. The molecule has 1 heterocycles. The van der Waals surface area contributed by atoms with Gasteiger partial charge in [-0.15, -0.1) is 0 Å². The lowest BCUT2D eigenvalue weighted by atomic mass is 9.69. The molecule has 2 heteroatoms. The highest BCUT2D eigenvalue weighted by molar-refractivity contribution is 9.09. The largest absolute Gasteiger partial charge is 0.371 e. The molecular formula is C13H23BrO. The minimum absolute atomic E-state index is 0.255. The summed E-state index contributed by atoms with van der Waals surface area (Å²) in [6.07, 6.45) is 8.50. The topological polar surface area (TPSA) is 9.23 Å². The summed E-state index contributed by atoms with van der Waals surface area (Å²) in [5.41, 5.74) is 0.255. The Kier molecular flexibility index (Phi) is 3.77. The predicted molar refractivity (Wildman–Crippen MR) is 67.4 cm³/mol. The molecule has 2 aliphatic rings. The molecular weight excluding hydrogens is 252 g/mol. The molecule has 1 aliphatic carbocycles. The smallest absolute Gasteiger partial charge is 0.0718 e. The first-order chi connectivity index (χ1) is 7.18. The van der Waals surface area contributed by atoms with Gasteiger partial charge in [-0.2, -0.15) is 0 Å². The first-order valence-electron chi connectivity index (χ1n) is 6.42. The van der Waals surface area contributed by atoms with Crippen LogP contribution in [0.3, 0.4) is 0 Å². The van der Waals surface area contributed by atoms with Crippen LogP contribution in [0.1, 0.15) is 52.4 Å². The van der Waals surface area contributed by atoms with Crippen LogP contribution in [0.25, 0.3) is 0 Å². The van der Waals surface area contributed by atoms with E-state index in [9.17, 15) is 0 Å². The summed E-state index contributed by atoms with van der Waals surface area (Å²) >= 11 is 3.56. The van der Waals surface area contributed by atoms with Crippen LogP contribution >= 0.6 is 15.9 Å². The number of alkyl halides is 1. The standard InChI is InChI=1S/C13H23BrO/c1-10(2)12-5-3-4-7-13(12)8-6-11(9-14)15-13/h10-12H,3-9H2,1-2H3. The highest BCUT2D eigenvalue weighted by atomic mass is 79.9. The van der Waals surface area contributed by atoms with E-state index in [1.807, 2.05) is 0 Å². The van der Waals surface area contributed by atoms with Crippen molar-refractivity contribution in [2.24, 2.45) is 11.8 Å². The summed E-state index contributed by atoms with van der Waals surface area (Å²) in [5, 5.41) is 1.01. The third-order valence-electron chi connectivity index (χ3n) is 4.31. The molecule has 0 N–H and O–H groups in total. The lowest BCUT2D eigenvalue weighted by molar-refractivity contribution is -0.106. The van der Waals surface area contributed by atoms with Crippen molar-refractivity contribution in [1.82, 2.24) is 0 Å².